The molecule has 0 spiro atoms. The normalized spacial score (nSPS) is 19.6. The van der Waals surface area contributed by atoms with Gasteiger partial charge in [-0.05, 0) is 63.4 Å². The van der Waals surface area contributed by atoms with Crippen LogP contribution < -0.4 is 10.1 Å². The number of nitrogens with one attached hydrogen (secondary N) is 1. The van der Waals surface area contributed by atoms with Crippen molar-refractivity contribution in [2.75, 3.05) is 39.8 Å². The third-order valence-corrected chi connectivity index (χ3v) is 7.66. The maximum atomic E-state index is 13.0. The van der Waals surface area contributed by atoms with E-state index in [9.17, 15) is 13.2 Å². The molecule has 0 saturated carbocycles. The van der Waals surface area contributed by atoms with E-state index in [4.69, 9.17) is 4.74 Å². The molecule has 0 radical (unpaired) electrons. The van der Waals surface area contributed by atoms with E-state index in [0.717, 1.165) is 32.4 Å². The Hall–Kier alpha value is -1.64. The van der Waals surface area contributed by atoms with Crippen molar-refractivity contribution in [3.05, 3.63) is 23.8 Å². The van der Waals surface area contributed by atoms with E-state index in [1.807, 2.05) is 0 Å². The van der Waals surface area contributed by atoms with E-state index in [1.165, 1.54) is 30.3 Å². The number of carbonyl (C=O) groups is 1. The van der Waals surface area contributed by atoms with Gasteiger partial charge in [0, 0.05) is 31.2 Å². The zero-order valence-corrected chi connectivity index (χ0v) is 17.6. The third kappa shape index (κ3) is 4.50. The van der Waals surface area contributed by atoms with Crippen LogP contribution in [0.25, 0.3) is 0 Å². The number of likely N-dealkylation sites (tertiary alicyclic amines) is 1. The number of benzene rings is 1. The van der Waals surface area contributed by atoms with Crippen LogP contribution in [0.15, 0.2) is 23.1 Å². The molecule has 0 aliphatic carbocycles. The van der Waals surface area contributed by atoms with E-state index in [2.05, 4.69) is 17.1 Å². The predicted octanol–water partition coefficient (Wildman–Crippen LogP) is 2.08. The van der Waals surface area contributed by atoms with E-state index in [0.29, 0.717) is 31.2 Å². The van der Waals surface area contributed by atoms with Crippen LogP contribution in [0.1, 0.15) is 49.4 Å². The van der Waals surface area contributed by atoms with Crippen molar-refractivity contribution >= 4 is 15.9 Å². The molecule has 2 aliphatic rings. The standard InChI is InChI=1S/C20H31N3O4S/c1-3-17(22-10-4-5-11-22)15-21-20(24)16-8-9-18(27-2)19(14-16)28(25,26)23-12-6-7-13-23/h8-9,14,17H,3-7,10-13,15H2,1-2H3,(H,21,24). The van der Waals surface area contributed by atoms with Gasteiger partial charge in [0.25, 0.3) is 5.91 Å². The van der Waals surface area contributed by atoms with Crippen LogP contribution in [0.5, 0.6) is 5.75 Å². The quantitative estimate of drug-likeness (QED) is 0.711. The van der Waals surface area contributed by atoms with Crippen LogP contribution in [0.3, 0.4) is 0 Å². The molecular weight excluding hydrogens is 378 g/mol. The van der Waals surface area contributed by atoms with Gasteiger partial charge in [0.15, 0.2) is 0 Å². The lowest BCUT2D eigenvalue weighted by atomic mass is 10.1. The SMILES string of the molecule is CCC(CNC(=O)c1ccc(OC)c(S(=O)(=O)N2CCCC2)c1)N1CCCC1. The van der Waals surface area contributed by atoms with Crippen LogP contribution >= 0.6 is 0 Å². The first-order valence-electron chi connectivity index (χ1n) is 10.2. The maximum Gasteiger partial charge on any atom is 0.251 e. The van der Waals surface area contributed by atoms with Crippen molar-refractivity contribution in [2.24, 2.45) is 0 Å². The van der Waals surface area contributed by atoms with E-state index in [1.54, 1.807) is 12.1 Å². The number of amides is 1. The lowest BCUT2D eigenvalue weighted by molar-refractivity contribution is 0.0937. The molecule has 2 saturated heterocycles. The zero-order chi connectivity index (χ0) is 20.1. The number of ether oxygens (including phenoxy) is 1. The van der Waals surface area contributed by atoms with Crippen LogP contribution in [0, 0.1) is 0 Å². The summed E-state index contributed by atoms with van der Waals surface area (Å²) < 4.78 is 32.7. The molecule has 1 amide bonds. The number of rotatable bonds is 8. The largest absolute Gasteiger partial charge is 0.495 e. The monoisotopic (exact) mass is 409 g/mol. The van der Waals surface area contributed by atoms with Gasteiger partial charge in [0.1, 0.15) is 10.6 Å². The van der Waals surface area contributed by atoms with Crippen LogP contribution in [0.2, 0.25) is 0 Å². The van der Waals surface area contributed by atoms with Crippen molar-refractivity contribution < 1.29 is 17.9 Å². The van der Waals surface area contributed by atoms with Gasteiger partial charge in [0.2, 0.25) is 10.0 Å². The molecule has 8 heteroatoms. The molecule has 0 bridgehead atoms. The van der Waals surface area contributed by atoms with Crippen LogP contribution in [-0.4, -0.2) is 69.4 Å². The number of hydrogen-bond acceptors (Lipinski definition) is 5. The molecule has 156 valence electrons. The van der Waals surface area contributed by atoms with Crippen molar-refractivity contribution in [1.82, 2.24) is 14.5 Å². The number of sulfonamides is 1. The summed E-state index contributed by atoms with van der Waals surface area (Å²) >= 11 is 0. The summed E-state index contributed by atoms with van der Waals surface area (Å²) in [6.45, 7) is 5.87. The molecule has 1 aromatic carbocycles. The third-order valence-electron chi connectivity index (χ3n) is 5.74. The minimum atomic E-state index is -3.67. The molecule has 2 heterocycles. The molecule has 1 N–H and O–H groups in total. The number of methoxy groups -OCH3 is 1. The second-order valence-electron chi connectivity index (χ2n) is 7.49. The number of nitrogens with zero attached hydrogens (tertiary/aromatic N) is 2. The highest BCUT2D eigenvalue weighted by atomic mass is 32.2. The second kappa shape index (κ2) is 9.24. The molecule has 2 aliphatic heterocycles. The number of carbonyl (C=O) groups excluding carboxylic acids is 1. The summed E-state index contributed by atoms with van der Waals surface area (Å²) in [5.74, 6) is 0.0186. The Kier molecular flexibility index (Phi) is 6.95. The summed E-state index contributed by atoms with van der Waals surface area (Å²) in [6.07, 6.45) is 5.10. The molecule has 3 rings (SSSR count). The van der Waals surface area contributed by atoms with Gasteiger partial charge in [-0.15, -0.1) is 0 Å². The van der Waals surface area contributed by atoms with Gasteiger partial charge in [-0.1, -0.05) is 6.92 Å². The Bertz CT molecular complexity index is 785. The summed E-state index contributed by atoms with van der Waals surface area (Å²) in [5.41, 5.74) is 0.342. The van der Waals surface area contributed by atoms with Gasteiger partial charge in [-0.2, -0.15) is 4.31 Å². The Labute approximate surface area is 168 Å². The van der Waals surface area contributed by atoms with Crippen molar-refractivity contribution in [3.8, 4) is 5.75 Å². The average Bonchev–Trinajstić information content (AvgIpc) is 3.42. The van der Waals surface area contributed by atoms with Gasteiger partial charge in [-0.25, -0.2) is 8.42 Å². The zero-order valence-electron chi connectivity index (χ0n) is 16.8. The highest BCUT2D eigenvalue weighted by Crippen LogP contribution is 2.29. The first kappa shape index (κ1) is 21.1. The van der Waals surface area contributed by atoms with Crippen LogP contribution in [0.4, 0.5) is 0 Å². The molecule has 28 heavy (non-hydrogen) atoms. The Morgan fingerprint density at radius 2 is 1.79 bits per heavy atom. The average molecular weight is 410 g/mol. The summed E-state index contributed by atoms with van der Waals surface area (Å²) in [7, 11) is -2.22. The van der Waals surface area contributed by atoms with Crippen molar-refractivity contribution in [3.63, 3.8) is 0 Å². The first-order valence-corrected chi connectivity index (χ1v) is 11.6. The molecule has 1 atom stereocenters. The lowest BCUT2D eigenvalue weighted by Gasteiger charge is -2.26. The van der Waals surface area contributed by atoms with Gasteiger partial charge in [0.05, 0.1) is 7.11 Å². The summed E-state index contributed by atoms with van der Waals surface area (Å²) in [6, 6.07) is 4.94. The fourth-order valence-electron chi connectivity index (χ4n) is 4.04. The van der Waals surface area contributed by atoms with Gasteiger partial charge < -0.3 is 10.1 Å². The molecule has 7 nitrogen and oxygen atoms in total. The van der Waals surface area contributed by atoms with E-state index in [-0.39, 0.29) is 16.6 Å². The van der Waals surface area contributed by atoms with Crippen LogP contribution in [-0.2, 0) is 10.0 Å². The fraction of sp³-hybridized carbons (Fsp3) is 0.650. The molecular formula is C20H31N3O4S. The fourth-order valence-corrected chi connectivity index (χ4v) is 5.74. The van der Waals surface area contributed by atoms with E-state index >= 15 is 0 Å². The Morgan fingerprint density at radius 1 is 1.14 bits per heavy atom. The molecule has 1 unspecified atom stereocenters. The topological polar surface area (TPSA) is 78.9 Å². The highest BCUT2D eigenvalue weighted by Gasteiger charge is 2.31. The van der Waals surface area contributed by atoms with E-state index < -0.39 is 10.0 Å². The molecule has 2 fully saturated rings. The molecule has 1 aromatic rings. The van der Waals surface area contributed by atoms with Crippen molar-refractivity contribution in [1.29, 1.82) is 0 Å². The van der Waals surface area contributed by atoms with Crippen molar-refractivity contribution in [2.45, 2.75) is 50.0 Å². The maximum absolute atomic E-state index is 13.0. The summed E-state index contributed by atoms with van der Waals surface area (Å²) in [5, 5.41) is 2.98. The summed E-state index contributed by atoms with van der Waals surface area (Å²) in [4.78, 5) is 15.2. The van der Waals surface area contributed by atoms with Gasteiger partial charge in [-0.3, -0.25) is 9.69 Å². The lowest BCUT2D eigenvalue weighted by Crippen LogP contribution is -2.42. The molecule has 0 aromatic heterocycles. The minimum absolute atomic E-state index is 0.0659. The van der Waals surface area contributed by atoms with Gasteiger partial charge >= 0.3 is 0 Å². The smallest absolute Gasteiger partial charge is 0.251 e. The first-order chi connectivity index (χ1) is 13.5. The number of hydrogen-bond donors (Lipinski definition) is 1. The minimum Gasteiger partial charge on any atom is -0.495 e. The Balaban J connectivity index is 1.75. The Morgan fingerprint density at radius 3 is 2.39 bits per heavy atom. The highest BCUT2D eigenvalue weighted by molar-refractivity contribution is 7.89. The second-order valence-corrected chi connectivity index (χ2v) is 9.40. The predicted molar refractivity (Wildman–Crippen MR) is 108 cm³/mol.